The van der Waals surface area contributed by atoms with Crippen LogP contribution < -0.4 is 10.6 Å². The van der Waals surface area contributed by atoms with Crippen molar-refractivity contribution in [2.24, 2.45) is 0 Å². The molecule has 3 aromatic heterocycles. The second kappa shape index (κ2) is 8.79. The molecule has 3 N–H and O–H groups in total. The molecule has 8 nitrogen and oxygen atoms in total. The number of nitriles is 1. The predicted molar refractivity (Wildman–Crippen MR) is 111 cm³/mol. The first-order valence-electron chi connectivity index (χ1n) is 9.20. The molecule has 3 heterocycles. The Hall–Kier alpha value is -4.32. The number of aromatic amines is 1. The molecule has 0 bridgehead atoms. The maximum absolute atomic E-state index is 14.4. The number of pyridine rings is 1. The highest BCUT2D eigenvalue weighted by molar-refractivity contribution is 5.77. The average Bonchev–Trinajstić information content (AvgIpc) is 3.32. The summed E-state index contributed by atoms with van der Waals surface area (Å²) < 4.78 is 14.4. The summed E-state index contributed by atoms with van der Waals surface area (Å²) in [6, 6.07) is 11.9. The smallest absolute Gasteiger partial charge is 0.223 e. The maximum Gasteiger partial charge on any atom is 0.223 e. The van der Waals surface area contributed by atoms with Crippen LogP contribution >= 0.6 is 0 Å². The van der Waals surface area contributed by atoms with Gasteiger partial charge >= 0.3 is 0 Å². The van der Waals surface area contributed by atoms with Gasteiger partial charge in [0.2, 0.25) is 5.95 Å². The normalized spacial score (nSPS) is 10.4. The van der Waals surface area contributed by atoms with Crippen LogP contribution in [0, 0.1) is 17.1 Å². The van der Waals surface area contributed by atoms with Gasteiger partial charge in [-0.2, -0.15) is 5.26 Å². The zero-order valence-corrected chi connectivity index (χ0v) is 15.8. The van der Waals surface area contributed by atoms with Crippen LogP contribution in [0.25, 0.3) is 22.6 Å². The molecule has 0 aliphatic carbocycles. The minimum absolute atomic E-state index is 0.370. The molecule has 0 spiro atoms. The van der Waals surface area contributed by atoms with Gasteiger partial charge in [0.1, 0.15) is 23.5 Å². The van der Waals surface area contributed by atoms with E-state index in [0.717, 1.165) is 0 Å². The number of H-pyrrole nitrogens is 1. The monoisotopic (exact) mass is 400 g/mol. The van der Waals surface area contributed by atoms with Gasteiger partial charge in [-0.05, 0) is 24.3 Å². The van der Waals surface area contributed by atoms with Crippen molar-refractivity contribution in [1.82, 2.24) is 24.9 Å². The summed E-state index contributed by atoms with van der Waals surface area (Å²) in [5.74, 6) is 1.23. The van der Waals surface area contributed by atoms with Gasteiger partial charge < -0.3 is 15.6 Å². The number of halogens is 1. The van der Waals surface area contributed by atoms with Crippen molar-refractivity contribution in [2.45, 2.75) is 0 Å². The van der Waals surface area contributed by atoms with Gasteiger partial charge in [-0.3, -0.25) is 0 Å². The molecule has 30 heavy (non-hydrogen) atoms. The van der Waals surface area contributed by atoms with Gasteiger partial charge in [0.25, 0.3) is 0 Å². The number of nitrogens with zero attached hydrogens (tertiary/aromatic N) is 5. The first-order valence-corrected chi connectivity index (χ1v) is 9.20. The van der Waals surface area contributed by atoms with Gasteiger partial charge in [0.05, 0.1) is 16.8 Å². The molecular weight excluding hydrogens is 383 g/mol. The van der Waals surface area contributed by atoms with Gasteiger partial charge in [0.15, 0.2) is 0 Å². The van der Waals surface area contributed by atoms with E-state index in [1.165, 1.54) is 12.3 Å². The molecule has 0 amide bonds. The number of anilines is 2. The summed E-state index contributed by atoms with van der Waals surface area (Å²) in [4.78, 5) is 20.3. The molecule has 9 heteroatoms. The summed E-state index contributed by atoms with van der Waals surface area (Å²) in [6.45, 7) is 1.07. The van der Waals surface area contributed by atoms with Crippen molar-refractivity contribution in [2.75, 3.05) is 23.7 Å². The molecular formula is C21H17FN8. The third kappa shape index (κ3) is 4.23. The molecule has 0 aliphatic heterocycles. The first kappa shape index (κ1) is 19.0. The Kier molecular flexibility index (Phi) is 5.57. The van der Waals surface area contributed by atoms with Crippen LogP contribution in [0.1, 0.15) is 5.56 Å². The molecule has 0 saturated carbocycles. The Morgan fingerprint density at radius 1 is 0.967 bits per heavy atom. The zero-order chi connectivity index (χ0) is 20.8. The van der Waals surface area contributed by atoms with Gasteiger partial charge in [-0.1, -0.05) is 12.1 Å². The topological polar surface area (TPSA) is 115 Å². The van der Waals surface area contributed by atoms with E-state index in [4.69, 9.17) is 5.26 Å². The maximum atomic E-state index is 14.4. The number of hydrogen-bond donors (Lipinski definition) is 3. The largest absolute Gasteiger partial charge is 0.368 e. The van der Waals surface area contributed by atoms with E-state index in [0.29, 0.717) is 53.1 Å². The Morgan fingerprint density at radius 2 is 1.83 bits per heavy atom. The lowest BCUT2D eigenvalue weighted by atomic mass is 10.1. The van der Waals surface area contributed by atoms with Crippen LogP contribution in [0.2, 0.25) is 0 Å². The van der Waals surface area contributed by atoms with Crippen LogP contribution in [0.4, 0.5) is 16.2 Å². The van der Waals surface area contributed by atoms with Crippen molar-refractivity contribution in [1.29, 1.82) is 5.26 Å². The number of benzene rings is 1. The van der Waals surface area contributed by atoms with Crippen molar-refractivity contribution >= 4 is 11.8 Å². The highest BCUT2D eigenvalue weighted by Gasteiger charge is 2.16. The molecule has 0 atom stereocenters. The molecule has 0 aliphatic rings. The van der Waals surface area contributed by atoms with E-state index < -0.39 is 0 Å². The number of nitrogens with one attached hydrogen (secondary N) is 3. The fraction of sp³-hybridized carbons (Fsp3) is 0.0952. The Bertz CT molecular complexity index is 1170. The number of aromatic nitrogens is 5. The zero-order valence-electron chi connectivity index (χ0n) is 15.8. The number of imidazole rings is 1. The summed E-state index contributed by atoms with van der Waals surface area (Å²) >= 11 is 0. The van der Waals surface area contributed by atoms with Crippen molar-refractivity contribution in [3.05, 3.63) is 72.6 Å². The summed E-state index contributed by atoms with van der Waals surface area (Å²) in [5.41, 5.74) is 1.93. The third-order valence-corrected chi connectivity index (χ3v) is 4.28. The second-order valence-corrected chi connectivity index (χ2v) is 6.27. The molecule has 0 radical (unpaired) electrons. The van der Waals surface area contributed by atoms with E-state index >= 15 is 0 Å². The average molecular weight is 400 g/mol. The Labute approximate surface area is 171 Å². The fourth-order valence-corrected chi connectivity index (χ4v) is 2.84. The van der Waals surface area contributed by atoms with E-state index in [-0.39, 0.29) is 5.82 Å². The molecule has 0 unspecified atom stereocenters. The SMILES string of the molecule is N#Cc1ccc(NCCNc2ncc(-c3ncc[nH]3)c(-c3ccccc3F)n2)nc1. The number of hydrogen-bond acceptors (Lipinski definition) is 7. The lowest BCUT2D eigenvalue weighted by Crippen LogP contribution is -2.16. The lowest BCUT2D eigenvalue weighted by Gasteiger charge is -2.11. The summed E-state index contributed by atoms with van der Waals surface area (Å²) in [5, 5.41) is 15.1. The molecule has 0 fully saturated rings. The fourth-order valence-electron chi connectivity index (χ4n) is 2.84. The highest BCUT2D eigenvalue weighted by Crippen LogP contribution is 2.30. The van der Waals surface area contributed by atoms with Crippen LogP contribution in [-0.4, -0.2) is 38.0 Å². The molecule has 4 rings (SSSR count). The summed E-state index contributed by atoms with van der Waals surface area (Å²) in [6.07, 6.45) is 6.43. The first-order chi connectivity index (χ1) is 14.7. The van der Waals surface area contributed by atoms with Crippen molar-refractivity contribution < 1.29 is 4.39 Å². The standard InChI is InChI=1S/C21H17FN8/c22-17-4-2-1-3-15(17)19-16(20-25-8-9-26-20)13-29-21(30-19)27-10-7-24-18-6-5-14(11-23)12-28-18/h1-6,8-9,12-13H,7,10H2,(H,24,28)(H,25,26)(H,27,29,30). The number of rotatable bonds is 7. The third-order valence-electron chi connectivity index (χ3n) is 4.28. The molecule has 4 aromatic rings. The minimum Gasteiger partial charge on any atom is -0.368 e. The molecule has 148 valence electrons. The van der Waals surface area contributed by atoms with E-state index in [2.05, 4.69) is 35.6 Å². The van der Waals surface area contributed by atoms with Gasteiger partial charge in [-0.25, -0.2) is 24.3 Å². The minimum atomic E-state index is -0.372. The van der Waals surface area contributed by atoms with Crippen LogP contribution in [0.3, 0.4) is 0 Å². The van der Waals surface area contributed by atoms with Crippen LogP contribution in [-0.2, 0) is 0 Å². The Morgan fingerprint density at radius 3 is 2.57 bits per heavy atom. The quantitative estimate of drug-likeness (QED) is 0.407. The van der Waals surface area contributed by atoms with Crippen molar-refractivity contribution in [3.63, 3.8) is 0 Å². The van der Waals surface area contributed by atoms with E-state index in [1.807, 2.05) is 6.07 Å². The van der Waals surface area contributed by atoms with E-state index in [9.17, 15) is 4.39 Å². The second-order valence-electron chi connectivity index (χ2n) is 6.27. The molecule has 0 saturated heterocycles. The Balaban J connectivity index is 1.49. The van der Waals surface area contributed by atoms with E-state index in [1.54, 1.807) is 48.9 Å². The van der Waals surface area contributed by atoms with Gasteiger partial charge in [0, 0.05) is 43.4 Å². The lowest BCUT2D eigenvalue weighted by molar-refractivity contribution is 0.630. The van der Waals surface area contributed by atoms with Gasteiger partial charge in [-0.15, -0.1) is 0 Å². The van der Waals surface area contributed by atoms with Crippen molar-refractivity contribution in [3.8, 4) is 28.7 Å². The van der Waals surface area contributed by atoms with Crippen LogP contribution in [0.15, 0.2) is 61.2 Å². The summed E-state index contributed by atoms with van der Waals surface area (Å²) in [7, 11) is 0. The predicted octanol–water partition coefficient (Wildman–Crippen LogP) is 3.46. The highest BCUT2D eigenvalue weighted by atomic mass is 19.1. The van der Waals surface area contributed by atoms with Crippen LogP contribution in [0.5, 0.6) is 0 Å². The molecule has 1 aromatic carbocycles.